The van der Waals surface area contributed by atoms with E-state index in [9.17, 15) is 4.79 Å². The van der Waals surface area contributed by atoms with Crippen LogP contribution in [-0.2, 0) is 11.3 Å². The van der Waals surface area contributed by atoms with Gasteiger partial charge in [-0.15, -0.1) is 0 Å². The van der Waals surface area contributed by atoms with Gasteiger partial charge in [0.15, 0.2) is 11.8 Å². The molecule has 8 heteroatoms. The lowest BCUT2D eigenvalue weighted by atomic mass is 10.2. The average molecular weight is 355 g/mol. The standard InChI is InChI=1S/C18H25N7O/c1-3-17(26)24-10-6-15(13-24)23-18(19-2)21-12-14-5-8-20-16(11-14)25-9-4-7-22-25/h4-5,7-9,11,15H,3,6,10,12-13H2,1-2H3,(H2,19,21,23). The van der Waals surface area contributed by atoms with Gasteiger partial charge in [0.2, 0.25) is 5.91 Å². The van der Waals surface area contributed by atoms with Crippen LogP contribution in [0.4, 0.5) is 0 Å². The first-order chi connectivity index (χ1) is 12.7. The van der Waals surface area contributed by atoms with Gasteiger partial charge in [0.05, 0.1) is 0 Å². The van der Waals surface area contributed by atoms with E-state index in [2.05, 4.69) is 25.7 Å². The zero-order chi connectivity index (χ0) is 18.4. The highest BCUT2D eigenvalue weighted by atomic mass is 16.2. The maximum absolute atomic E-state index is 11.8. The molecule has 0 aliphatic carbocycles. The van der Waals surface area contributed by atoms with Gasteiger partial charge in [-0.05, 0) is 30.2 Å². The first-order valence-corrected chi connectivity index (χ1v) is 8.89. The van der Waals surface area contributed by atoms with Crippen LogP contribution >= 0.6 is 0 Å². The molecular formula is C18H25N7O. The Morgan fingerprint density at radius 1 is 1.42 bits per heavy atom. The summed E-state index contributed by atoms with van der Waals surface area (Å²) in [5, 5.41) is 10.9. The van der Waals surface area contributed by atoms with Crippen LogP contribution in [0.25, 0.3) is 5.82 Å². The highest BCUT2D eigenvalue weighted by Crippen LogP contribution is 2.10. The number of amides is 1. The molecule has 0 saturated carbocycles. The van der Waals surface area contributed by atoms with E-state index in [0.29, 0.717) is 13.0 Å². The van der Waals surface area contributed by atoms with Crippen molar-refractivity contribution in [3.63, 3.8) is 0 Å². The quantitative estimate of drug-likeness (QED) is 0.616. The number of aromatic nitrogens is 3. The number of guanidine groups is 1. The lowest BCUT2D eigenvalue weighted by Gasteiger charge is -2.18. The summed E-state index contributed by atoms with van der Waals surface area (Å²) >= 11 is 0. The van der Waals surface area contributed by atoms with Gasteiger partial charge in [0.25, 0.3) is 0 Å². The molecular weight excluding hydrogens is 330 g/mol. The molecule has 1 aliphatic heterocycles. The monoisotopic (exact) mass is 355 g/mol. The molecule has 1 aliphatic rings. The second kappa shape index (κ2) is 8.46. The summed E-state index contributed by atoms with van der Waals surface area (Å²) in [6.07, 6.45) is 6.86. The number of aliphatic imine (C=N–C) groups is 1. The van der Waals surface area contributed by atoms with Crippen LogP contribution < -0.4 is 10.6 Å². The average Bonchev–Trinajstić information content (AvgIpc) is 3.36. The first-order valence-electron chi connectivity index (χ1n) is 8.89. The molecule has 1 amide bonds. The molecule has 0 radical (unpaired) electrons. The van der Waals surface area contributed by atoms with E-state index in [1.165, 1.54) is 0 Å². The van der Waals surface area contributed by atoms with Crippen LogP contribution in [0.3, 0.4) is 0 Å². The Morgan fingerprint density at radius 3 is 3.04 bits per heavy atom. The molecule has 0 spiro atoms. The maximum Gasteiger partial charge on any atom is 0.222 e. The van der Waals surface area contributed by atoms with Crippen LogP contribution in [0.5, 0.6) is 0 Å². The number of hydrogen-bond donors (Lipinski definition) is 2. The Morgan fingerprint density at radius 2 is 2.31 bits per heavy atom. The number of hydrogen-bond acceptors (Lipinski definition) is 4. The number of nitrogens with one attached hydrogen (secondary N) is 2. The predicted molar refractivity (Wildman–Crippen MR) is 100.0 cm³/mol. The van der Waals surface area contributed by atoms with E-state index in [4.69, 9.17) is 0 Å². The van der Waals surface area contributed by atoms with Crippen LogP contribution in [0.1, 0.15) is 25.3 Å². The molecule has 26 heavy (non-hydrogen) atoms. The minimum absolute atomic E-state index is 0.209. The summed E-state index contributed by atoms with van der Waals surface area (Å²) in [5.74, 6) is 1.72. The number of carbonyl (C=O) groups excluding carboxylic acids is 1. The third-order valence-corrected chi connectivity index (χ3v) is 4.42. The molecule has 2 aromatic heterocycles. The fourth-order valence-electron chi connectivity index (χ4n) is 3.00. The van der Waals surface area contributed by atoms with Crippen molar-refractivity contribution in [1.29, 1.82) is 0 Å². The number of likely N-dealkylation sites (tertiary alicyclic amines) is 1. The largest absolute Gasteiger partial charge is 0.352 e. The molecule has 3 rings (SSSR count). The SMILES string of the molecule is CCC(=O)N1CCC(NC(=NC)NCc2ccnc(-n3cccn3)c2)C1. The summed E-state index contributed by atoms with van der Waals surface area (Å²) in [4.78, 5) is 22.3. The number of nitrogens with zero attached hydrogens (tertiary/aromatic N) is 5. The first kappa shape index (κ1) is 17.9. The minimum Gasteiger partial charge on any atom is -0.352 e. The molecule has 8 nitrogen and oxygen atoms in total. The number of carbonyl (C=O) groups is 1. The highest BCUT2D eigenvalue weighted by Gasteiger charge is 2.25. The van der Waals surface area contributed by atoms with Crippen molar-refractivity contribution in [2.75, 3.05) is 20.1 Å². The third kappa shape index (κ3) is 4.38. The normalized spacial score (nSPS) is 17.4. The topological polar surface area (TPSA) is 87.4 Å². The molecule has 0 bridgehead atoms. The van der Waals surface area contributed by atoms with Crippen LogP contribution in [0, 0.1) is 0 Å². The fourth-order valence-corrected chi connectivity index (χ4v) is 3.00. The van der Waals surface area contributed by atoms with Gasteiger partial charge in [0.1, 0.15) is 0 Å². The summed E-state index contributed by atoms with van der Waals surface area (Å²) in [7, 11) is 1.75. The van der Waals surface area contributed by atoms with Crippen molar-refractivity contribution in [2.45, 2.75) is 32.4 Å². The predicted octanol–water partition coefficient (Wildman–Crippen LogP) is 0.943. The van der Waals surface area contributed by atoms with Gasteiger partial charge < -0.3 is 15.5 Å². The van der Waals surface area contributed by atoms with E-state index in [-0.39, 0.29) is 11.9 Å². The van der Waals surface area contributed by atoms with Crippen molar-refractivity contribution in [3.8, 4) is 5.82 Å². The highest BCUT2D eigenvalue weighted by molar-refractivity contribution is 5.80. The summed E-state index contributed by atoms with van der Waals surface area (Å²) < 4.78 is 1.73. The van der Waals surface area contributed by atoms with Crippen molar-refractivity contribution in [2.24, 2.45) is 4.99 Å². The molecule has 3 heterocycles. The number of pyridine rings is 1. The van der Waals surface area contributed by atoms with E-state index >= 15 is 0 Å². The summed E-state index contributed by atoms with van der Waals surface area (Å²) in [6.45, 7) is 4.06. The lowest BCUT2D eigenvalue weighted by molar-refractivity contribution is -0.129. The Hall–Kier alpha value is -2.90. The van der Waals surface area contributed by atoms with Crippen molar-refractivity contribution < 1.29 is 4.79 Å². The Bertz CT molecular complexity index is 757. The zero-order valence-corrected chi connectivity index (χ0v) is 15.2. The summed E-state index contributed by atoms with van der Waals surface area (Å²) in [5.41, 5.74) is 1.09. The van der Waals surface area contributed by atoms with Crippen LogP contribution in [0.2, 0.25) is 0 Å². The van der Waals surface area contributed by atoms with Crippen molar-refractivity contribution >= 4 is 11.9 Å². The minimum atomic E-state index is 0.209. The second-order valence-electron chi connectivity index (χ2n) is 6.22. The smallest absolute Gasteiger partial charge is 0.222 e. The second-order valence-corrected chi connectivity index (χ2v) is 6.22. The van der Waals surface area contributed by atoms with Gasteiger partial charge in [-0.1, -0.05) is 6.92 Å². The third-order valence-electron chi connectivity index (χ3n) is 4.42. The fraction of sp³-hybridized carbons (Fsp3) is 0.444. The Kier molecular flexibility index (Phi) is 5.83. The molecule has 2 aromatic rings. The van der Waals surface area contributed by atoms with Gasteiger partial charge in [-0.25, -0.2) is 9.67 Å². The zero-order valence-electron chi connectivity index (χ0n) is 15.2. The molecule has 1 unspecified atom stereocenters. The lowest BCUT2D eigenvalue weighted by Crippen LogP contribution is -2.44. The Balaban J connectivity index is 1.54. The number of rotatable bonds is 5. The Labute approximate surface area is 153 Å². The van der Waals surface area contributed by atoms with E-state index in [0.717, 1.165) is 36.9 Å². The van der Waals surface area contributed by atoms with Gasteiger partial charge >= 0.3 is 0 Å². The molecule has 1 fully saturated rings. The van der Waals surface area contributed by atoms with Crippen molar-refractivity contribution in [3.05, 3.63) is 42.4 Å². The van der Waals surface area contributed by atoms with Crippen LogP contribution in [-0.4, -0.2) is 57.7 Å². The summed E-state index contributed by atoms with van der Waals surface area (Å²) in [6, 6.07) is 6.05. The maximum atomic E-state index is 11.8. The van der Waals surface area contributed by atoms with Gasteiger partial charge in [-0.3, -0.25) is 9.79 Å². The molecule has 1 saturated heterocycles. The molecule has 0 aromatic carbocycles. The molecule has 138 valence electrons. The van der Waals surface area contributed by atoms with Crippen LogP contribution in [0.15, 0.2) is 41.8 Å². The molecule has 1 atom stereocenters. The molecule has 2 N–H and O–H groups in total. The van der Waals surface area contributed by atoms with E-state index in [1.54, 1.807) is 24.1 Å². The van der Waals surface area contributed by atoms with Gasteiger partial charge in [-0.2, -0.15) is 5.10 Å². The van der Waals surface area contributed by atoms with Gasteiger partial charge in [0, 0.05) is 57.7 Å². The van der Waals surface area contributed by atoms with E-state index < -0.39 is 0 Å². The van der Waals surface area contributed by atoms with Crippen molar-refractivity contribution in [1.82, 2.24) is 30.3 Å². The van der Waals surface area contributed by atoms with E-state index in [1.807, 2.05) is 36.2 Å².